The van der Waals surface area contributed by atoms with E-state index in [1.165, 1.54) is 14.1 Å². The molecule has 0 aromatic rings. The Hall–Kier alpha value is -0.280. The third kappa shape index (κ3) is 2.54. The number of likely N-dealkylation sites (N-methyl/N-ethyl adjacent to an activating group) is 1. The molecule has 0 aliphatic heterocycles. The van der Waals surface area contributed by atoms with E-state index in [9.17, 15) is 9.59 Å². The third-order valence-electron chi connectivity index (χ3n) is 0.815. The highest BCUT2D eigenvalue weighted by atomic mass is 35.5. The van der Waals surface area contributed by atoms with Crippen LogP contribution in [0, 0.1) is 0 Å². The van der Waals surface area contributed by atoms with Crippen LogP contribution < -0.4 is 0 Å². The molecular formula is C5H7Cl2NO2. The number of hydrogen-bond acceptors (Lipinski definition) is 2. The molecule has 1 amide bonds. The molecule has 0 rings (SSSR count). The zero-order chi connectivity index (χ0) is 8.31. The highest BCUT2D eigenvalue weighted by molar-refractivity contribution is 6.63. The SMILES string of the molecule is CN(C)C(=O)C(=O)C(Cl)Cl. The first-order chi connectivity index (χ1) is 4.46. The summed E-state index contributed by atoms with van der Waals surface area (Å²) in [5.74, 6) is -1.48. The number of carbonyl (C=O) groups is 2. The van der Waals surface area contributed by atoms with E-state index in [0.717, 1.165) is 4.90 Å². The number of Topliss-reactive ketones (excluding diaryl/α,β-unsaturated/α-hetero) is 1. The van der Waals surface area contributed by atoms with Gasteiger partial charge in [-0.15, -0.1) is 0 Å². The number of nitrogens with zero attached hydrogens (tertiary/aromatic N) is 1. The van der Waals surface area contributed by atoms with Crippen LogP contribution >= 0.6 is 23.2 Å². The fourth-order valence-corrected chi connectivity index (χ4v) is 0.500. The monoisotopic (exact) mass is 183 g/mol. The Morgan fingerprint density at radius 3 is 1.80 bits per heavy atom. The fraction of sp³-hybridized carbons (Fsp3) is 0.600. The maximum absolute atomic E-state index is 10.7. The number of halogens is 2. The summed E-state index contributed by atoms with van der Waals surface area (Å²) in [4.78, 5) is 21.2. The quantitative estimate of drug-likeness (QED) is 0.461. The Morgan fingerprint density at radius 1 is 1.30 bits per heavy atom. The molecule has 0 atom stereocenters. The van der Waals surface area contributed by atoms with Gasteiger partial charge in [-0.1, -0.05) is 23.2 Å². The average Bonchev–Trinajstić information content (AvgIpc) is 1.84. The van der Waals surface area contributed by atoms with Crippen molar-refractivity contribution in [3.63, 3.8) is 0 Å². The molecule has 0 heterocycles. The molecular weight excluding hydrogens is 177 g/mol. The van der Waals surface area contributed by atoms with Gasteiger partial charge in [0, 0.05) is 14.1 Å². The van der Waals surface area contributed by atoms with Gasteiger partial charge in [0.05, 0.1) is 0 Å². The van der Waals surface area contributed by atoms with Crippen molar-refractivity contribution in [3.8, 4) is 0 Å². The highest BCUT2D eigenvalue weighted by Gasteiger charge is 2.22. The number of alkyl halides is 2. The molecule has 0 fully saturated rings. The number of carbonyl (C=O) groups excluding carboxylic acids is 2. The Balaban J connectivity index is 4.10. The summed E-state index contributed by atoms with van der Waals surface area (Å²) in [6, 6.07) is 0. The minimum atomic E-state index is -1.25. The van der Waals surface area contributed by atoms with Crippen LogP contribution in [0.2, 0.25) is 0 Å². The van der Waals surface area contributed by atoms with Crippen LogP contribution in [0.5, 0.6) is 0 Å². The number of hydrogen-bond donors (Lipinski definition) is 0. The van der Waals surface area contributed by atoms with Gasteiger partial charge in [0.1, 0.15) is 0 Å². The summed E-state index contributed by atoms with van der Waals surface area (Å²) in [7, 11) is 2.91. The van der Waals surface area contributed by atoms with Gasteiger partial charge in [0.25, 0.3) is 11.7 Å². The lowest BCUT2D eigenvalue weighted by Gasteiger charge is -2.08. The summed E-state index contributed by atoms with van der Waals surface area (Å²) in [5.41, 5.74) is 0. The molecule has 0 aliphatic carbocycles. The molecule has 0 spiro atoms. The smallest absolute Gasteiger partial charge is 0.292 e. The molecule has 58 valence electrons. The summed E-state index contributed by atoms with van der Waals surface area (Å²) in [6.45, 7) is 0. The molecule has 3 nitrogen and oxygen atoms in total. The zero-order valence-corrected chi connectivity index (χ0v) is 7.11. The van der Waals surface area contributed by atoms with Gasteiger partial charge in [-0.2, -0.15) is 0 Å². The van der Waals surface area contributed by atoms with Gasteiger partial charge < -0.3 is 4.90 Å². The van der Waals surface area contributed by atoms with Crippen molar-refractivity contribution in [3.05, 3.63) is 0 Å². The van der Waals surface area contributed by atoms with E-state index in [1.807, 2.05) is 0 Å². The molecule has 0 saturated carbocycles. The van der Waals surface area contributed by atoms with Crippen molar-refractivity contribution in [2.75, 3.05) is 14.1 Å². The molecule has 0 bridgehead atoms. The first-order valence-corrected chi connectivity index (χ1v) is 3.37. The molecule has 10 heavy (non-hydrogen) atoms. The standard InChI is InChI=1S/C5H7Cl2NO2/c1-8(2)5(10)3(9)4(6)7/h4H,1-2H3. The van der Waals surface area contributed by atoms with Crippen LogP contribution in [-0.4, -0.2) is 35.5 Å². The van der Waals surface area contributed by atoms with Crippen molar-refractivity contribution in [2.24, 2.45) is 0 Å². The Labute approximate surface area is 68.9 Å². The van der Waals surface area contributed by atoms with E-state index in [-0.39, 0.29) is 0 Å². The lowest BCUT2D eigenvalue weighted by Crippen LogP contribution is -2.33. The Bertz CT molecular complexity index is 138. The second kappa shape index (κ2) is 3.78. The van der Waals surface area contributed by atoms with Gasteiger partial charge >= 0.3 is 0 Å². The van der Waals surface area contributed by atoms with Crippen molar-refractivity contribution in [2.45, 2.75) is 4.84 Å². The highest BCUT2D eigenvalue weighted by Crippen LogP contribution is 2.03. The second-order valence-corrected chi connectivity index (χ2v) is 2.96. The molecule has 0 N–H and O–H groups in total. The molecule has 0 saturated heterocycles. The van der Waals surface area contributed by atoms with Gasteiger partial charge in [-0.25, -0.2) is 0 Å². The van der Waals surface area contributed by atoms with Gasteiger partial charge in [0.15, 0.2) is 4.84 Å². The minimum absolute atomic E-state index is 0.685. The summed E-state index contributed by atoms with van der Waals surface area (Å²) in [5, 5.41) is 0. The van der Waals surface area contributed by atoms with Crippen molar-refractivity contribution < 1.29 is 9.59 Å². The van der Waals surface area contributed by atoms with Crippen molar-refractivity contribution in [1.29, 1.82) is 0 Å². The number of rotatable bonds is 2. The maximum atomic E-state index is 10.7. The second-order valence-electron chi connectivity index (χ2n) is 1.86. The summed E-state index contributed by atoms with van der Waals surface area (Å²) >= 11 is 10.3. The molecule has 0 aromatic heterocycles. The van der Waals surface area contributed by atoms with E-state index in [1.54, 1.807) is 0 Å². The minimum Gasteiger partial charge on any atom is -0.342 e. The van der Waals surface area contributed by atoms with Crippen LogP contribution in [0.15, 0.2) is 0 Å². The van der Waals surface area contributed by atoms with E-state index in [4.69, 9.17) is 23.2 Å². The summed E-state index contributed by atoms with van der Waals surface area (Å²) < 4.78 is 0. The molecule has 0 aliphatic rings. The maximum Gasteiger partial charge on any atom is 0.292 e. The number of ketones is 1. The zero-order valence-electron chi connectivity index (χ0n) is 5.60. The van der Waals surface area contributed by atoms with Crippen molar-refractivity contribution in [1.82, 2.24) is 4.90 Å². The first-order valence-electron chi connectivity index (χ1n) is 2.50. The van der Waals surface area contributed by atoms with Crippen LogP contribution in [0.3, 0.4) is 0 Å². The molecule has 0 unspecified atom stereocenters. The predicted octanol–water partition coefficient (Wildman–Crippen LogP) is 0.447. The first kappa shape index (κ1) is 9.72. The van der Waals surface area contributed by atoms with Gasteiger partial charge in [-0.3, -0.25) is 9.59 Å². The molecule has 0 radical (unpaired) electrons. The van der Waals surface area contributed by atoms with Crippen LogP contribution in [-0.2, 0) is 9.59 Å². The lowest BCUT2D eigenvalue weighted by molar-refractivity contribution is -0.142. The lowest BCUT2D eigenvalue weighted by atomic mass is 10.4. The molecule has 0 aromatic carbocycles. The van der Waals surface area contributed by atoms with E-state index in [0.29, 0.717) is 0 Å². The van der Waals surface area contributed by atoms with Crippen LogP contribution in [0.4, 0.5) is 0 Å². The predicted molar refractivity (Wildman–Crippen MR) is 39.2 cm³/mol. The third-order valence-corrected chi connectivity index (χ3v) is 1.21. The van der Waals surface area contributed by atoms with Gasteiger partial charge in [-0.05, 0) is 0 Å². The van der Waals surface area contributed by atoms with E-state index < -0.39 is 16.5 Å². The van der Waals surface area contributed by atoms with E-state index >= 15 is 0 Å². The Kier molecular flexibility index (Phi) is 3.68. The average molecular weight is 184 g/mol. The Morgan fingerprint density at radius 2 is 1.70 bits per heavy atom. The fourth-order valence-electron chi connectivity index (χ4n) is 0.314. The van der Waals surface area contributed by atoms with Crippen LogP contribution in [0.1, 0.15) is 0 Å². The van der Waals surface area contributed by atoms with Gasteiger partial charge in [0.2, 0.25) is 0 Å². The van der Waals surface area contributed by atoms with E-state index in [2.05, 4.69) is 0 Å². The van der Waals surface area contributed by atoms with Crippen molar-refractivity contribution >= 4 is 34.9 Å². The molecule has 5 heteroatoms. The number of amides is 1. The topological polar surface area (TPSA) is 37.4 Å². The van der Waals surface area contributed by atoms with Crippen LogP contribution in [0.25, 0.3) is 0 Å². The largest absolute Gasteiger partial charge is 0.342 e. The normalized spacial score (nSPS) is 9.70. The summed E-state index contributed by atoms with van der Waals surface area (Å²) in [6.07, 6.45) is 0.